The van der Waals surface area contributed by atoms with Crippen molar-refractivity contribution in [2.24, 2.45) is 5.92 Å². The predicted octanol–water partition coefficient (Wildman–Crippen LogP) is 0.457. The van der Waals surface area contributed by atoms with E-state index in [2.05, 4.69) is 9.97 Å². The monoisotopic (exact) mass is 259 g/mol. The molecule has 1 atom stereocenters. The summed E-state index contributed by atoms with van der Waals surface area (Å²) in [4.78, 5) is 6.40. The minimum absolute atomic E-state index is 0.151. The molecule has 1 N–H and O–H groups in total. The van der Waals surface area contributed by atoms with Crippen LogP contribution in [0.2, 0.25) is 0 Å². The van der Waals surface area contributed by atoms with Crippen LogP contribution < -0.4 is 0 Å². The molecule has 2 heterocycles. The molecule has 1 aromatic heterocycles. The number of nitrogens with one attached hydrogen (secondary N) is 1. The van der Waals surface area contributed by atoms with Gasteiger partial charge >= 0.3 is 0 Å². The van der Waals surface area contributed by atoms with Crippen LogP contribution in [-0.2, 0) is 14.8 Å². The molecule has 0 aromatic carbocycles. The zero-order valence-corrected chi connectivity index (χ0v) is 10.6. The summed E-state index contributed by atoms with van der Waals surface area (Å²) in [5, 5.41) is 0.151. The average Bonchev–Trinajstić information content (AvgIpc) is 2.98. The molecule has 17 heavy (non-hydrogen) atoms. The Morgan fingerprint density at radius 3 is 3.00 bits per heavy atom. The number of aromatic nitrogens is 2. The van der Waals surface area contributed by atoms with Gasteiger partial charge in [-0.05, 0) is 12.3 Å². The van der Waals surface area contributed by atoms with E-state index < -0.39 is 10.0 Å². The zero-order valence-electron chi connectivity index (χ0n) is 9.80. The molecule has 0 amide bonds. The van der Waals surface area contributed by atoms with Crippen LogP contribution in [0.25, 0.3) is 0 Å². The highest BCUT2D eigenvalue weighted by Gasteiger charge is 2.28. The van der Waals surface area contributed by atoms with Gasteiger partial charge < -0.3 is 9.72 Å². The normalized spacial score (nSPS) is 21.2. The smallest absolute Gasteiger partial charge is 0.260 e. The Balaban J connectivity index is 2.12. The molecular weight excluding hydrogens is 242 g/mol. The molecule has 0 bridgehead atoms. The second-order valence-corrected chi connectivity index (χ2v) is 6.01. The van der Waals surface area contributed by atoms with Gasteiger partial charge in [-0.3, -0.25) is 0 Å². The standard InChI is InChI=1S/C10H17N3O3S/c1-2-13(6-9-3-4-16-7-9)17(14,15)10-5-11-8-12-10/h5,8-9H,2-4,6-7H2,1H3,(H,11,12). The van der Waals surface area contributed by atoms with E-state index in [9.17, 15) is 8.42 Å². The van der Waals surface area contributed by atoms with Gasteiger partial charge in [-0.25, -0.2) is 13.4 Å². The number of nitrogens with zero attached hydrogens (tertiary/aromatic N) is 2. The molecule has 0 spiro atoms. The van der Waals surface area contributed by atoms with Gasteiger partial charge in [0.1, 0.15) is 0 Å². The van der Waals surface area contributed by atoms with E-state index in [0.717, 1.165) is 13.0 Å². The number of ether oxygens (including phenoxy) is 1. The van der Waals surface area contributed by atoms with Crippen LogP contribution in [0.3, 0.4) is 0 Å². The van der Waals surface area contributed by atoms with E-state index in [4.69, 9.17) is 4.74 Å². The maximum atomic E-state index is 12.2. The maximum absolute atomic E-state index is 12.2. The van der Waals surface area contributed by atoms with Gasteiger partial charge in [0, 0.05) is 19.7 Å². The Bertz CT molecular complexity index is 437. The van der Waals surface area contributed by atoms with Crippen molar-refractivity contribution in [3.63, 3.8) is 0 Å². The van der Waals surface area contributed by atoms with Crippen molar-refractivity contribution < 1.29 is 13.2 Å². The van der Waals surface area contributed by atoms with Crippen LogP contribution in [0.1, 0.15) is 13.3 Å². The minimum atomic E-state index is -3.44. The number of H-pyrrole nitrogens is 1. The lowest BCUT2D eigenvalue weighted by molar-refractivity contribution is 0.180. The maximum Gasteiger partial charge on any atom is 0.260 e. The fraction of sp³-hybridized carbons (Fsp3) is 0.700. The SMILES string of the molecule is CCN(CC1CCOC1)S(=O)(=O)c1cnc[nH]1. The van der Waals surface area contributed by atoms with Gasteiger partial charge in [0.15, 0.2) is 5.03 Å². The quantitative estimate of drug-likeness (QED) is 0.833. The molecule has 1 aromatic rings. The molecule has 1 unspecified atom stereocenters. The molecule has 6 nitrogen and oxygen atoms in total. The third kappa shape index (κ3) is 2.67. The van der Waals surface area contributed by atoms with Crippen molar-refractivity contribution in [1.29, 1.82) is 0 Å². The molecule has 1 fully saturated rings. The number of hydrogen-bond acceptors (Lipinski definition) is 4. The van der Waals surface area contributed by atoms with Crippen molar-refractivity contribution in [3.05, 3.63) is 12.5 Å². The molecule has 2 rings (SSSR count). The number of sulfonamides is 1. The van der Waals surface area contributed by atoms with Crippen molar-refractivity contribution in [2.75, 3.05) is 26.3 Å². The molecule has 1 saturated heterocycles. The fourth-order valence-corrected chi connectivity index (χ4v) is 3.36. The molecule has 1 aliphatic rings. The van der Waals surface area contributed by atoms with E-state index in [1.54, 1.807) is 0 Å². The Kier molecular flexibility index (Phi) is 3.80. The molecule has 0 radical (unpaired) electrons. The van der Waals surface area contributed by atoms with Crippen molar-refractivity contribution >= 4 is 10.0 Å². The summed E-state index contributed by atoms with van der Waals surface area (Å²) in [6.45, 7) is 4.18. The van der Waals surface area contributed by atoms with E-state index in [0.29, 0.717) is 25.6 Å². The summed E-state index contributed by atoms with van der Waals surface area (Å²) < 4.78 is 31.2. The molecule has 7 heteroatoms. The summed E-state index contributed by atoms with van der Waals surface area (Å²) in [7, 11) is -3.44. The minimum Gasteiger partial charge on any atom is -0.381 e. The highest BCUT2D eigenvalue weighted by molar-refractivity contribution is 7.89. The van der Waals surface area contributed by atoms with Gasteiger partial charge in [0.2, 0.25) is 0 Å². The van der Waals surface area contributed by atoms with E-state index in [1.165, 1.54) is 16.8 Å². The number of imidazole rings is 1. The number of rotatable bonds is 5. The highest BCUT2D eigenvalue weighted by atomic mass is 32.2. The van der Waals surface area contributed by atoms with Crippen LogP contribution in [0.5, 0.6) is 0 Å². The molecule has 0 aliphatic carbocycles. The van der Waals surface area contributed by atoms with Gasteiger partial charge in [0.25, 0.3) is 10.0 Å². The van der Waals surface area contributed by atoms with Crippen LogP contribution in [-0.4, -0.2) is 49.0 Å². The summed E-state index contributed by atoms with van der Waals surface area (Å²) >= 11 is 0. The summed E-state index contributed by atoms with van der Waals surface area (Å²) in [5.74, 6) is 0.299. The van der Waals surface area contributed by atoms with Gasteiger partial charge in [0.05, 0.1) is 19.1 Å². The Labute approximate surface area is 101 Å². The molecule has 1 aliphatic heterocycles. The Morgan fingerprint density at radius 1 is 1.65 bits per heavy atom. The zero-order chi connectivity index (χ0) is 12.3. The first-order valence-corrected chi connectivity index (χ1v) is 7.15. The van der Waals surface area contributed by atoms with Crippen molar-refractivity contribution in [2.45, 2.75) is 18.4 Å². The third-order valence-electron chi connectivity index (χ3n) is 2.93. The highest BCUT2D eigenvalue weighted by Crippen LogP contribution is 2.18. The van der Waals surface area contributed by atoms with Crippen LogP contribution in [0.15, 0.2) is 17.6 Å². The van der Waals surface area contributed by atoms with E-state index in [1.807, 2.05) is 6.92 Å². The number of hydrogen-bond donors (Lipinski definition) is 1. The fourth-order valence-electron chi connectivity index (χ4n) is 1.94. The lowest BCUT2D eigenvalue weighted by atomic mass is 10.1. The second kappa shape index (κ2) is 5.16. The lowest BCUT2D eigenvalue weighted by Gasteiger charge is -2.22. The summed E-state index contributed by atoms with van der Waals surface area (Å²) in [6, 6.07) is 0. The van der Waals surface area contributed by atoms with Gasteiger partial charge in [-0.1, -0.05) is 6.92 Å². The summed E-state index contributed by atoms with van der Waals surface area (Å²) in [6.07, 6.45) is 3.64. The lowest BCUT2D eigenvalue weighted by Crippen LogP contribution is -2.35. The van der Waals surface area contributed by atoms with Gasteiger partial charge in [-0.15, -0.1) is 0 Å². The first-order valence-electron chi connectivity index (χ1n) is 5.71. The predicted molar refractivity (Wildman–Crippen MR) is 61.9 cm³/mol. The van der Waals surface area contributed by atoms with Crippen molar-refractivity contribution in [3.8, 4) is 0 Å². The second-order valence-electron chi connectivity index (χ2n) is 4.10. The van der Waals surface area contributed by atoms with Gasteiger partial charge in [-0.2, -0.15) is 4.31 Å². The van der Waals surface area contributed by atoms with Crippen LogP contribution >= 0.6 is 0 Å². The van der Waals surface area contributed by atoms with E-state index >= 15 is 0 Å². The number of aromatic amines is 1. The van der Waals surface area contributed by atoms with Crippen LogP contribution in [0.4, 0.5) is 0 Å². The third-order valence-corrected chi connectivity index (χ3v) is 4.80. The Hall–Kier alpha value is -0.920. The van der Waals surface area contributed by atoms with E-state index in [-0.39, 0.29) is 5.03 Å². The van der Waals surface area contributed by atoms with Crippen LogP contribution in [0, 0.1) is 5.92 Å². The summed E-state index contributed by atoms with van der Waals surface area (Å²) in [5.41, 5.74) is 0. The first kappa shape index (κ1) is 12.5. The largest absolute Gasteiger partial charge is 0.381 e. The van der Waals surface area contributed by atoms with Crippen molar-refractivity contribution in [1.82, 2.24) is 14.3 Å². The topological polar surface area (TPSA) is 75.3 Å². The average molecular weight is 259 g/mol. The molecule has 0 saturated carbocycles. The Morgan fingerprint density at radius 2 is 2.47 bits per heavy atom. The molecule has 96 valence electrons. The first-order chi connectivity index (χ1) is 8.14. The molecular formula is C10H17N3O3S.